The third-order valence-corrected chi connectivity index (χ3v) is 3.19. The molecule has 18 heavy (non-hydrogen) atoms. The Morgan fingerprint density at radius 2 is 2.06 bits per heavy atom. The van der Waals surface area contributed by atoms with Crippen LogP contribution in [0.2, 0.25) is 0 Å². The second-order valence-corrected chi connectivity index (χ2v) is 4.74. The molecule has 2 rings (SSSR count). The number of aryl methyl sites for hydroxylation is 2. The summed E-state index contributed by atoms with van der Waals surface area (Å²) >= 11 is 0. The number of piperidine rings is 1. The summed E-state index contributed by atoms with van der Waals surface area (Å²) in [4.78, 5) is 22.5. The van der Waals surface area contributed by atoms with Crippen LogP contribution in [-0.4, -0.2) is 40.4 Å². The van der Waals surface area contributed by atoms with Gasteiger partial charge in [0.05, 0.1) is 17.9 Å². The molecule has 1 aromatic heterocycles. The molecule has 1 aromatic rings. The highest BCUT2D eigenvalue weighted by Gasteiger charge is 2.16. The lowest BCUT2D eigenvalue weighted by Crippen LogP contribution is -2.39. The van der Waals surface area contributed by atoms with Crippen molar-refractivity contribution in [2.24, 2.45) is 0 Å². The van der Waals surface area contributed by atoms with Gasteiger partial charge in [0.1, 0.15) is 5.82 Å². The molecule has 0 aliphatic carbocycles. The number of hydrogen-bond acceptors (Lipinski definition) is 4. The van der Waals surface area contributed by atoms with Crippen molar-refractivity contribution in [3.05, 3.63) is 17.6 Å². The van der Waals surface area contributed by atoms with Gasteiger partial charge in [-0.25, -0.2) is 4.98 Å². The molecule has 0 unspecified atom stereocenters. The van der Waals surface area contributed by atoms with E-state index in [9.17, 15) is 4.79 Å². The fraction of sp³-hybridized carbons (Fsp3) is 0.615. The second kappa shape index (κ2) is 5.80. The summed E-state index contributed by atoms with van der Waals surface area (Å²) < 4.78 is 0. The number of carbonyl (C=O) groups is 1. The van der Waals surface area contributed by atoms with Gasteiger partial charge in [-0.15, -0.1) is 0 Å². The average Bonchev–Trinajstić information content (AvgIpc) is 2.40. The molecular formula is C13H20N4O. The average molecular weight is 248 g/mol. The fourth-order valence-corrected chi connectivity index (χ4v) is 2.12. The summed E-state index contributed by atoms with van der Waals surface area (Å²) in [6.07, 6.45) is 5.21. The molecule has 1 aliphatic rings. The van der Waals surface area contributed by atoms with Gasteiger partial charge in [-0.1, -0.05) is 0 Å². The number of rotatable bonds is 3. The molecular weight excluding hydrogens is 228 g/mol. The molecule has 0 aromatic carbocycles. The number of anilines is 1. The monoisotopic (exact) mass is 248 g/mol. The van der Waals surface area contributed by atoms with Crippen molar-refractivity contribution >= 4 is 11.7 Å². The van der Waals surface area contributed by atoms with Crippen molar-refractivity contribution < 1.29 is 4.79 Å². The molecule has 1 amide bonds. The largest absolute Gasteiger partial charge is 0.359 e. The SMILES string of the molecule is Cc1cnc(C)c(NCC(=O)N2CCCCC2)n1. The van der Waals surface area contributed by atoms with Gasteiger partial charge in [0.2, 0.25) is 5.91 Å². The van der Waals surface area contributed by atoms with Crippen molar-refractivity contribution in [1.82, 2.24) is 14.9 Å². The van der Waals surface area contributed by atoms with Crippen LogP contribution in [-0.2, 0) is 4.79 Å². The van der Waals surface area contributed by atoms with E-state index < -0.39 is 0 Å². The Morgan fingerprint density at radius 3 is 2.78 bits per heavy atom. The van der Waals surface area contributed by atoms with Crippen LogP contribution in [0.1, 0.15) is 30.7 Å². The molecule has 1 aliphatic heterocycles. The Labute approximate surface area is 108 Å². The normalized spacial score (nSPS) is 15.6. The highest BCUT2D eigenvalue weighted by Crippen LogP contribution is 2.11. The van der Waals surface area contributed by atoms with Gasteiger partial charge in [-0.05, 0) is 33.1 Å². The van der Waals surface area contributed by atoms with Crippen molar-refractivity contribution in [3.8, 4) is 0 Å². The summed E-state index contributed by atoms with van der Waals surface area (Å²) in [5, 5.41) is 3.09. The van der Waals surface area contributed by atoms with E-state index >= 15 is 0 Å². The van der Waals surface area contributed by atoms with E-state index in [-0.39, 0.29) is 5.91 Å². The van der Waals surface area contributed by atoms with Crippen molar-refractivity contribution in [1.29, 1.82) is 0 Å². The molecule has 0 radical (unpaired) electrons. The molecule has 5 heteroatoms. The smallest absolute Gasteiger partial charge is 0.241 e. The molecule has 98 valence electrons. The van der Waals surface area contributed by atoms with Crippen LogP contribution in [0.5, 0.6) is 0 Å². The highest BCUT2D eigenvalue weighted by atomic mass is 16.2. The third kappa shape index (κ3) is 3.18. The van der Waals surface area contributed by atoms with Gasteiger partial charge in [-0.3, -0.25) is 9.78 Å². The molecule has 0 saturated carbocycles. The number of likely N-dealkylation sites (tertiary alicyclic amines) is 1. The first-order valence-electron chi connectivity index (χ1n) is 6.48. The molecule has 0 atom stereocenters. The molecule has 2 heterocycles. The third-order valence-electron chi connectivity index (χ3n) is 3.19. The second-order valence-electron chi connectivity index (χ2n) is 4.74. The Bertz CT molecular complexity index is 427. The van der Waals surface area contributed by atoms with Crippen molar-refractivity contribution in [2.75, 3.05) is 25.0 Å². The summed E-state index contributed by atoms with van der Waals surface area (Å²) in [6, 6.07) is 0. The van der Waals surface area contributed by atoms with Crippen LogP contribution in [0, 0.1) is 13.8 Å². The minimum Gasteiger partial charge on any atom is -0.359 e. The van der Waals surface area contributed by atoms with E-state index in [1.165, 1.54) is 6.42 Å². The molecule has 1 fully saturated rings. The van der Waals surface area contributed by atoms with Crippen LogP contribution in [0.4, 0.5) is 5.82 Å². The Balaban J connectivity index is 1.90. The molecule has 0 spiro atoms. The predicted molar refractivity (Wildman–Crippen MR) is 70.4 cm³/mol. The minimum atomic E-state index is 0.150. The number of amides is 1. The topological polar surface area (TPSA) is 58.1 Å². The van der Waals surface area contributed by atoms with Crippen LogP contribution < -0.4 is 5.32 Å². The van der Waals surface area contributed by atoms with E-state index in [1.54, 1.807) is 6.20 Å². The highest BCUT2D eigenvalue weighted by molar-refractivity contribution is 5.80. The number of nitrogens with one attached hydrogen (secondary N) is 1. The molecule has 5 nitrogen and oxygen atoms in total. The van der Waals surface area contributed by atoms with Crippen molar-refractivity contribution in [3.63, 3.8) is 0 Å². The number of aromatic nitrogens is 2. The van der Waals surface area contributed by atoms with Gasteiger partial charge < -0.3 is 10.2 Å². The predicted octanol–water partition coefficient (Wildman–Crippen LogP) is 1.52. The minimum absolute atomic E-state index is 0.150. The summed E-state index contributed by atoms with van der Waals surface area (Å²) in [5.74, 6) is 0.859. The van der Waals surface area contributed by atoms with E-state index in [4.69, 9.17) is 0 Å². The number of nitrogens with zero attached hydrogens (tertiary/aromatic N) is 3. The first kappa shape index (κ1) is 12.8. The summed E-state index contributed by atoms with van der Waals surface area (Å²) in [5.41, 5.74) is 1.68. The lowest BCUT2D eigenvalue weighted by molar-refractivity contribution is -0.130. The Hall–Kier alpha value is -1.65. The van der Waals surface area contributed by atoms with Gasteiger partial charge in [0.25, 0.3) is 0 Å². The van der Waals surface area contributed by atoms with E-state index in [0.29, 0.717) is 12.4 Å². The molecule has 1 N–H and O–H groups in total. The lowest BCUT2D eigenvalue weighted by atomic mass is 10.1. The Kier molecular flexibility index (Phi) is 4.12. The van der Waals surface area contributed by atoms with Crippen LogP contribution in [0.3, 0.4) is 0 Å². The first-order chi connectivity index (χ1) is 8.66. The van der Waals surface area contributed by atoms with E-state index in [2.05, 4.69) is 15.3 Å². The van der Waals surface area contributed by atoms with Crippen LogP contribution in [0.15, 0.2) is 6.20 Å². The van der Waals surface area contributed by atoms with E-state index in [1.807, 2.05) is 18.7 Å². The number of hydrogen-bond donors (Lipinski definition) is 1. The lowest BCUT2D eigenvalue weighted by Gasteiger charge is -2.26. The number of carbonyl (C=O) groups excluding carboxylic acids is 1. The zero-order valence-corrected chi connectivity index (χ0v) is 11.1. The van der Waals surface area contributed by atoms with Gasteiger partial charge in [0, 0.05) is 19.3 Å². The molecule has 0 bridgehead atoms. The maximum atomic E-state index is 12.0. The van der Waals surface area contributed by atoms with Crippen LogP contribution >= 0.6 is 0 Å². The Morgan fingerprint density at radius 1 is 1.33 bits per heavy atom. The van der Waals surface area contributed by atoms with Crippen molar-refractivity contribution in [2.45, 2.75) is 33.1 Å². The standard InChI is InChI=1S/C13H20N4O/c1-10-8-14-11(2)13(16-10)15-9-12(18)17-6-4-3-5-7-17/h8H,3-7,9H2,1-2H3,(H,15,16). The maximum absolute atomic E-state index is 12.0. The quantitative estimate of drug-likeness (QED) is 0.881. The van der Waals surface area contributed by atoms with E-state index in [0.717, 1.165) is 37.3 Å². The van der Waals surface area contributed by atoms with Gasteiger partial charge in [-0.2, -0.15) is 0 Å². The summed E-state index contributed by atoms with van der Waals surface area (Å²) in [6.45, 7) is 5.86. The van der Waals surface area contributed by atoms with Crippen LogP contribution in [0.25, 0.3) is 0 Å². The molecule has 1 saturated heterocycles. The van der Waals surface area contributed by atoms with Gasteiger partial charge in [0.15, 0.2) is 0 Å². The zero-order valence-electron chi connectivity index (χ0n) is 11.1. The first-order valence-corrected chi connectivity index (χ1v) is 6.48. The van der Waals surface area contributed by atoms with Gasteiger partial charge >= 0.3 is 0 Å². The fourth-order valence-electron chi connectivity index (χ4n) is 2.12. The zero-order chi connectivity index (χ0) is 13.0. The maximum Gasteiger partial charge on any atom is 0.241 e. The summed E-state index contributed by atoms with van der Waals surface area (Å²) in [7, 11) is 0.